The molecule has 0 fully saturated rings. The van der Waals surface area contributed by atoms with E-state index in [2.05, 4.69) is 27.9 Å². The minimum atomic E-state index is -0.993. The third-order valence-electron chi connectivity index (χ3n) is 2.81. The molecule has 2 aromatic rings. The van der Waals surface area contributed by atoms with Gasteiger partial charge in [0.2, 0.25) is 0 Å². The van der Waals surface area contributed by atoms with Crippen LogP contribution in [0, 0.1) is 3.57 Å². The van der Waals surface area contributed by atoms with E-state index in [1.807, 2.05) is 0 Å². The van der Waals surface area contributed by atoms with Gasteiger partial charge in [0.15, 0.2) is 0 Å². The number of halogens is 2. The molecule has 2 rings (SSSR count). The summed E-state index contributed by atoms with van der Waals surface area (Å²) in [7, 11) is 0. The number of amides is 1. The highest BCUT2D eigenvalue weighted by molar-refractivity contribution is 14.1. The second-order valence-corrected chi connectivity index (χ2v) is 5.89. The highest BCUT2D eigenvalue weighted by Gasteiger charge is 2.08. The Hall–Kier alpha value is -1.60. The van der Waals surface area contributed by atoms with Crippen LogP contribution < -0.4 is 5.32 Å². The van der Waals surface area contributed by atoms with Crippen molar-refractivity contribution in [3.63, 3.8) is 0 Å². The predicted octanol–water partition coefficient (Wildman–Crippen LogP) is 3.57. The zero-order valence-electron chi connectivity index (χ0n) is 10.8. The average Bonchev–Trinajstić information content (AvgIpc) is 2.48. The molecule has 4 nitrogen and oxygen atoms in total. The topological polar surface area (TPSA) is 66.4 Å². The van der Waals surface area contributed by atoms with Crippen molar-refractivity contribution in [1.29, 1.82) is 0 Å². The summed E-state index contributed by atoms with van der Waals surface area (Å²) < 4.78 is 0.875. The molecule has 2 aromatic carbocycles. The molecule has 0 bridgehead atoms. The molecule has 1 amide bonds. The van der Waals surface area contributed by atoms with Gasteiger partial charge in [0.05, 0.1) is 10.6 Å². The van der Waals surface area contributed by atoms with Crippen LogP contribution in [0.3, 0.4) is 0 Å². The van der Waals surface area contributed by atoms with Gasteiger partial charge >= 0.3 is 5.97 Å². The smallest absolute Gasteiger partial charge is 0.335 e. The van der Waals surface area contributed by atoms with Crippen molar-refractivity contribution in [2.45, 2.75) is 6.54 Å². The van der Waals surface area contributed by atoms with Crippen molar-refractivity contribution in [3.8, 4) is 0 Å². The number of hydrogen-bond donors (Lipinski definition) is 2. The fraction of sp³-hybridized carbons (Fsp3) is 0.0667. The van der Waals surface area contributed by atoms with Crippen LogP contribution in [0.25, 0.3) is 0 Å². The summed E-state index contributed by atoms with van der Waals surface area (Å²) in [5.74, 6) is -1.25. The van der Waals surface area contributed by atoms with Crippen molar-refractivity contribution in [2.75, 3.05) is 0 Å². The molecule has 0 heterocycles. The number of carboxylic acid groups (broad SMARTS) is 1. The number of hydrogen-bond acceptors (Lipinski definition) is 2. The zero-order valence-corrected chi connectivity index (χ0v) is 13.7. The summed E-state index contributed by atoms with van der Waals surface area (Å²) in [4.78, 5) is 22.9. The number of carbonyl (C=O) groups is 2. The lowest BCUT2D eigenvalue weighted by atomic mass is 10.1. The molecule has 0 radical (unpaired) electrons. The van der Waals surface area contributed by atoms with Crippen LogP contribution in [0.4, 0.5) is 0 Å². The van der Waals surface area contributed by atoms with Gasteiger partial charge in [-0.3, -0.25) is 4.79 Å². The molecule has 0 aliphatic heterocycles. The fourth-order valence-electron chi connectivity index (χ4n) is 1.74. The Morgan fingerprint density at radius 3 is 2.57 bits per heavy atom. The van der Waals surface area contributed by atoms with E-state index >= 15 is 0 Å². The number of nitrogens with one attached hydrogen (secondary N) is 1. The SMILES string of the molecule is O=C(O)c1cccc(CNC(=O)c2ccc(I)c(Cl)c2)c1. The summed E-state index contributed by atoms with van der Waals surface area (Å²) in [6.07, 6.45) is 0. The standard InChI is InChI=1S/C15H11ClINO3/c16-12-7-10(4-5-13(12)17)14(19)18-8-9-2-1-3-11(6-9)15(20)21/h1-7H,8H2,(H,18,19)(H,20,21). The van der Waals surface area contributed by atoms with E-state index in [1.54, 1.807) is 30.3 Å². The van der Waals surface area contributed by atoms with Crippen molar-refractivity contribution >= 4 is 46.1 Å². The lowest BCUT2D eigenvalue weighted by Gasteiger charge is -2.07. The van der Waals surface area contributed by atoms with Gasteiger partial charge in [-0.1, -0.05) is 23.7 Å². The molecule has 0 spiro atoms. The Morgan fingerprint density at radius 2 is 1.90 bits per heavy atom. The highest BCUT2D eigenvalue weighted by atomic mass is 127. The summed E-state index contributed by atoms with van der Waals surface area (Å²) >= 11 is 8.06. The maximum absolute atomic E-state index is 12.0. The molecule has 0 unspecified atom stereocenters. The molecule has 0 atom stereocenters. The number of carboxylic acids is 1. The summed E-state index contributed by atoms with van der Waals surface area (Å²) in [5.41, 5.74) is 1.38. The van der Waals surface area contributed by atoms with Crippen LogP contribution in [-0.4, -0.2) is 17.0 Å². The molecule has 0 saturated carbocycles. The van der Waals surface area contributed by atoms with Crippen molar-refractivity contribution in [2.24, 2.45) is 0 Å². The third kappa shape index (κ3) is 4.18. The number of rotatable bonds is 4. The summed E-state index contributed by atoms with van der Waals surface area (Å²) in [6.45, 7) is 0.254. The Kier molecular flexibility index (Phi) is 5.19. The lowest BCUT2D eigenvalue weighted by molar-refractivity contribution is 0.0696. The molecule has 21 heavy (non-hydrogen) atoms. The summed E-state index contributed by atoms with van der Waals surface area (Å²) in [5, 5.41) is 12.2. The van der Waals surface area contributed by atoms with E-state index in [-0.39, 0.29) is 18.0 Å². The monoisotopic (exact) mass is 415 g/mol. The van der Waals surface area contributed by atoms with Crippen molar-refractivity contribution in [3.05, 3.63) is 67.7 Å². The fourth-order valence-corrected chi connectivity index (χ4v) is 2.25. The first kappa shape index (κ1) is 15.8. The Balaban J connectivity index is 2.05. The van der Waals surface area contributed by atoms with Crippen LogP contribution >= 0.6 is 34.2 Å². The molecule has 0 saturated heterocycles. The molecule has 0 aliphatic carbocycles. The molecular weight excluding hydrogens is 405 g/mol. The quantitative estimate of drug-likeness (QED) is 0.750. The van der Waals surface area contributed by atoms with E-state index < -0.39 is 5.97 Å². The second-order valence-electron chi connectivity index (χ2n) is 4.32. The normalized spacial score (nSPS) is 10.2. The molecular formula is C15H11ClINO3. The molecule has 6 heteroatoms. The number of benzene rings is 2. The molecule has 0 aliphatic rings. The van der Waals surface area contributed by atoms with E-state index in [0.29, 0.717) is 10.6 Å². The van der Waals surface area contributed by atoms with E-state index in [1.165, 1.54) is 12.1 Å². The minimum Gasteiger partial charge on any atom is -0.478 e. The van der Waals surface area contributed by atoms with Gasteiger partial charge in [0.25, 0.3) is 5.91 Å². The first-order valence-corrected chi connectivity index (χ1v) is 7.48. The predicted molar refractivity (Wildman–Crippen MR) is 88.7 cm³/mol. The van der Waals surface area contributed by atoms with E-state index in [0.717, 1.165) is 9.13 Å². The van der Waals surface area contributed by atoms with Gasteiger partial charge in [0.1, 0.15) is 0 Å². The van der Waals surface area contributed by atoms with Gasteiger partial charge in [-0.25, -0.2) is 4.79 Å². The van der Waals surface area contributed by atoms with Crippen LogP contribution in [0.15, 0.2) is 42.5 Å². The Labute approximate surface area is 140 Å². The maximum atomic E-state index is 12.0. The van der Waals surface area contributed by atoms with E-state index in [4.69, 9.17) is 16.7 Å². The Bertz CT molecular complexity index is 703. The molecule has 0 aromatic heterocycles. The third-order valence-corrected chi connectivity index (χ3v) is 4.38. The first-order chi connectivity index (χ1) is 9.97. The molecule has 108 valence electrons. The molecule has 2 N–H and O–H groups in total. The highest BCUT2D eigenvalue weighted by Crippen LogP contribution is 2.19. The van der Waals surface area contributed by atoms with Gasteiger partial charge in [0, 0.05) is 15.7 Å². The maximum Gasteiger partial charge on any atom is 0.335 e. The number of carbonyl (C=O) groups excluding carboxylic acids is 1. The lowest BCUT2D eigenvalue weighted by Crippen LogP contribution is -2.22. The second kappa shape index (κ2) is 6.91. The van der Waals surface area contributed by atoms with E-state index in [9.17, 15) is 9.59 Å². The van der Waals surface area contributed by atoms with Crippen molar-refractivity contribution in [1.82, 2.24) is 5.32 Å². The van der Waals surface area contributed by atoms with Crippen LogP contribution in [0.1, 0.15) is 26.3 Å². The zero-order chi connectivity index (χ0) is 15.4. The Morgan fingerprint density at radius 1 is 1.14 bits per heavy atom. The largest absolute Gasteiger partial charge is 0.478 e. The van der Waals surface area contributed by atoms with Crippen LogP contribution in [0.2, 0.25) is 5.02 Å². The summed E-state index contributed by atoms with van der Waals surface area (Å²) in [6, 6.07) is 11.5. The number of aromatic carboxylic acids is 1. The van der Waals surface area contributed by atoms with Gasteiger partial charge in [-0.05, 0) is 58.5 Å². The van der Waals surface area contributed by atoms with Gasteiger partial charge in [-0.15, -0.1) is 0 Å². The first-order valence-electron chi connectivity index (χ1n) is 6.03. The van der Waals surface area contributed by atoms with Crippen LogP contribution in [-0.2, 0) is 6.54 Å². The minimum absolute atomic E-state index is 0.194. The van der Waals surface area contributed by atoms with Crippen LogP contribution in [0.5, 0.6) is 0 Å². The van der Waals surface area contributed by atoms with Gasteiger partial charge in [-0.2, -0.15) is 0 Å². The average molecular weight is 416 g/mol. The van der Waals surface area contributed by atoms with Crippen molar-refractivity contribution < 1.29 is 14.7 Å². The van der Waals surface area contributed by atoms with Gasteiger partial charge < -0.3 is 10.4 Å².